The van der Waals surface area contributed by atoms with Crippen LogP contribution in [0.2, 0.25) is 0 Å². The van der Waals surface area contributed by atoms with Crippen molar-refractivity contribution in [2.45, 2.75) is 12.5 Å². The number of hydrogen-bond acceptors (Lipinski definition) is 3. The third-order valence-corrected chi connectivity index (χ3v) is 3.01. The molecule has 0 radical (unpaired) electrons. The zero-order valence-corrected chi connectivity index (χ0v) is 10.3. The van der Waals surface area contributed by atoms with Gasteiger partial charge in [-0.25, -0.2) is 0 Å². The summed E-state index contributed by atoms with van der Waals surface area (Å²) in [6.45, 7) is 1.74. The molecule has 1 aromatic carbocycles. The van der Waals surface area contributed by atoms with Crippen LogP contribution in [0, 0.1) is 0 Å². The molecule has 5 heteroatoms. The Bertz CT molecular complexity index is 453. The van der Waals surface area contributed by atoms with Gasteiger partial charge in [-0.2, -0.15) is 0 Å². The van der Waals surface area contributed by atoms with E-state index in [1.165, 1.54) is 0 Å². The van der Waals surface area contributed by atoms with E-state index in [-0.39, 0.29) is 17.9 Å². The largest absolute Gasteiger partial charge is 0.355 e. The third kappa shape index (κ3) is 2.87. The Kier molecular flexibility index (Phi) is 3.94. The number of nitrogens with one attached hydrogen (secondary N) is 3. The van der Waals surface area contributed by atoms with Crippen molar-refractivity contribution in [1.82, 2.24) is 16.0 Å². The molecule has 3 N–H and O–H groups in total. The van der Waals surface area contributed by atoms with Crippen molar-refractivity contribution in [3.05, 3.63) is 35.4 Å². The monoisotopic (exact) mass is 247 g/mol. The maximum Gasteiger partial charge on any atom is 0.251 e. The summed E-state index contributed by atoms with van der Waals surface area (Å²) in [4.78, 5) is 23.5. The van der Waals surface area contributed by atoms with E-state index in [9.17, 15) is 9.59 Å². The summed E-state index contributed by atoms with van der Waals surface area (Å²) in [7, 11) is 1.57. The molecule has 96 valence electrons. The van der Waals surface area contributed by atoms with Crippen LogP contribution in [0.4, 0.5) is 0 Å². The van der Waals surface area contributed by atoms with Gasteiger partial charge in [-0.05, 0) is 31.2 Å². The van der Waals surface area contributed by atoms with Gasteiger partial charge in [0.25, 0.3) is 11.8 Å². The second kappa shape index (κ2) is 5.64. The molecule has 1 aliphatic heterocycles. The molecule has 2 rings (SSSR count). The highest BCUT2D eigenvalue weighted by atomic mass is 16.2. The molecule has 1 aliphatic rings. The molecule has 5 nitrogen and oxygen atoms in total. The van der Waals surface area contributed by atoms with Gasteiger partial charge in [0.15, 0.2) is 0 Å². The van der Waals surface area contributed by atoms with Crippen LogP contribution in [0.3, 0.4) is 0 Å². The van der Waals surface area contributed by atoms with Crippen molar-refractivity contribution in [3.63, 3.8) is 0 Å². The highest BCUT2D eigenvalue weighted by Crippen LogP contribution is 2.07. The van der Waals surface area contributed by atoms with E-state index < -0.39 is 0 Å². The van der Waals surface area contributed by atoms with E-state index in [4.69, 9.17) is 0 Å². The maximum absolute atomic E-state index is 12.0. The fourth-order valence-electron chi connectivity index (χ4n) is 1.99. The zero-order valence-electron chi connectivity index (χ0n) is 10.3. The van der Waals surface area contributed by atoms with Gasteiger partial charge in [0.2, 0.25) is 0 Å². The number of carbonyl (C=O) groups is 2. The minimum absolute atomic E-state index is 0.130. The zero-order chi connectivity index (χ0) is 13.0. The van der Waals surface area contributed by atoms with Crippen LogP contribution in [0.15, 0.2) is 24.3 Å². The smallest absolute Gasteiger partial charge is 0.251 e. The van der Waals surface area contributed by atoms with Crippen LogP contribution in [0.5, 0.6) is 0 Å². The molecule has 2 amide bonds. The van der Waals surface area contributed by atoms with Crippen molar-refractivity contribution in [3.8, 4) is 0 Å². The van der Waals surface area contributed by atoms with Crippen molar-refractivity contribution < 1.29 is 9.59 Å². The first-order chi connectivity index (χ1) is 8.70. The SMILES string of the molecule is CNC(=O)c1cccc(C(=O)NC2CCNC2)c1. The third-order valence-electron chi connectivity index (χ3n) is 3.01. The van der Waals surface area contributed by atoms with Gasteiger partial charge in [0, 0.05) is 30.8 Å². The van der Waals surface area contributed by atoms with Crippen LogP contribution in [-0.4, -0.2) is 38.0 Å². The van der Waals surface area contributed by atoms with Crippen molar-refractivity contribution in [1.29, 1.82) is 0 Å². The summed E-state index contributed by atoms with van der Waals surface area (Å²) in [5.74, 6) is -0.318. The first kappa shape index (κ1) is 12.6. The average Bonchev–Trinajstić information content (AvgIpc) is 2.90. The van der Waals surface area contributed by atoms with E-state index >= 15 is 0 Å². The van der Waals surface area contributed by atoms with Crippen LogP contribution >= 0.6 is 0 Å². The Morgan fingerprint density at radius 1 is 1.28 bits per heavy atom. The molecule has 0 bridgehead atoms. The van der Waals surface area contributed by atoms with Crippen molar-refractivity contribution in [2.24, 2.45) is 0 Å². The van der Waals surface area contributed by atoms with Crippen molar-refractivity contribution in [2.75, 3.05) is 20.1 Å². The molecule has 0 saturated carbocycles. The number of hydrogen-bond donors (Lipinski definition) is 3. The van der Waals surface area contributed by atoms with E-state index in [1.54, 1.807) is 31.3 Å². The van der Waals surface area contributed by atoms with Crippen LogP contribution in [-0.2, 0) is 0 Å². The number of amides is 2. The van der Waals surface area contributed by atoms with Gasteiger partial charge in [-0.3, -0.25) is 9.59 Å². The lowest BCUT2D eigenvalue weighted by molar-refractivity contribution is 0.0940. The van der Waals surface area contributed by atoms with Gasteiger partial charge in [-0.15, -0.1) is 0 Å². The summed E-state index contributed by atoms with van der Waals surface area (Å²) < 4.78 is 0. The molecular formula is C13H17N3O2. The minimum Gasteiger partial charge on any atom is -0.355 e. The molecule has 1 atom stereocenters. The molecule has 0 aromatic heterocycles. The predicted octanol–water partition coefficient (Wildman–Crippen LogP) is 0.138. The first-order valence-electron chi connectivity index (χ1n) is 6.04. The lowest BCUT2D eigenvalue weighted by Gasteiger charge is -2.11. The summed E-state index contributed by atoms with van der Waals surface area (Å²) >= 11 is 0. The van der Waals surface area contributed by atoms with Crippen LogP contribution in [0.1, 0.15) is 27.1 Å². The molecule has 18 heavy (non-hydrogen) atoms. The van der Waals surface area contributed by atoms with Crippen LogP contribution in [0.25, 0.3) is 0 Å². The predicted molar refractivity (Wildman–Crippen MR) is 68.6 cm³/mol. The standard InChI is InChI=1S/C13H17N3O2/c1-14-12(17)9-3-2-4-10(7-9)13(18)16-11-5-6-15-8-11/h2-4,7,11,15H,5-6,8H2,1H3,(H,14,17)(H,16,18). The van der Waals surface area contributed by atoms with Crippen LogP contribution < -0.4 is 16.0 Å². The van der Waals surface area contributed by atoms with Crippen molar-refractivity contribution >= 4 is 11.8 Å². The Morgan fingerprint density at radius 2 is 2.00 bits per heavy atom. The first-order valence-corrected chi connectivity index (χ1v) is 6.04. The van der Waals surface area contributed by atoms with Gasteiger partial charge in [0.05, 0.1) is 0 Å². The summed E-state index contributed by atoms with van der Waals surface area (Å²) in [6, 6.07) is 6.90. The van der Waals surface area contributed by atoms with Gasteiger partial charge in [-0.1, -0.05) is 6.07 Å². The quantitative estimate of drug-likeness (QED) is 0.711. The molecule has 1 saturated heterocycles. The summed E-state index contributed by atoms with van der Waals surface area (Å²) in [6.07, 6.45) is 0.945. The van der Waals surface area contributed by atoms with E-state index in [1.807, 2.05) is 0 Å². The summed E-state index contributed by atoms with van der Waals surface area (Å²) in [5.41, 5.74) is 1.01. The minimum atomic E-state index is -0.188. The molecule has 1 heterocycles. The molecule has 0 spiro atoms. The molecule has 1 aromatic rings. The second-order valence-corrected chi connectivity index (χ2v) is 4.32. The summed E-state index contributed by atoms with van der Waals surface area (Å²) in [5, 5.41) is 8.68. The van der Waals surface area contributed by atoms with Gasteiger partial charge >= 0.3 is 0 Å². The topological polar surface area (TPSA) is 70.2 Å². The maximum atomic E-state index is 12.0. The van der Waals surface area contributed by atoms with Gasteiger partial charge in [0.1, 0.15) is 0 Å². The van der Waals surface area contributed by atoms with Gasteiger partial charge < -0.3 is 16.0 Å². The fraction of sp³-hybridized carbons (Fsp3) is 0.385. The number of rotatable bonds is 3. The number of carbonyl (C=O) groups excluding carboxylic acids is 2. The lowest BCUT2D eigenvalue weighted by atomic mass is 10.1. The Balaban J connectivity index is 2.07. The lowest BCUT2D eigenvalue weighted by Crippen LogP contribution is -2.36. The molecular weight excluding hydrogens is 230 g/mol. The second-order valence-electron chi connectivity index (χ2n) is 4.32. The molecule has 0 aliphatic carbocycles. The Labute approximate surface area is 106 Å². The Hall–Kier alpha value is -1.88. The molecule has 1 unspecified atom stereocenters. The average molecular weight is 247 g/mol. The highest BCUT2D eigenvalue weighted by Gasteiger charge is 2.18. The molecule has 1 fully saturated rings. The normalized spacial score (nSPS) is 18.4. The highest BCUT2D eigenvalue weighted by molar-refractivity contribution is 5.99. The van der Waals surface area contributed by atoms with E-state index in [2.05, 4.69) is 16.0 Å². The fourth-order valence-corrected chi connectivity index (χ4v) is 1.99. The van der Waals surface area contributed by atoms with E-state index in [0.717, 1.165) is 19.5 Å². The van der Waals surface area contributed by atoms with E-state index in [0.29, 0.717) is 11.1 Å². The Morgan fingerprint density at radius 3 is 2.61 bits per heavy atom. The number of benzene rings is 1.